The Morgan fingerprint density at radius 1 is 0.412 bits per heavy atom. The quantitative estimate of drug-likeness (QED) is 0.288. The fourth-order valence-corrected chi connectivity index (χ4v) is 4.29. The number of hydrogen-bond donors (Lipinski definition) is 2. The minimum absolute atomic E-state index is 0.227. The van der Waals surface area contributed by atoms with E-state index in [0.717, 1.165) is 49.6 Å². The average molecular weight is 444 g/mol. The van der Waals surface area contributed by atoms with Crippen molar-refractivity contribution in [2.24, 2.45) is 0 Å². The Morgan fingerprint density at radius 3 is 1.38 bits per heavy atom. The third-order valence-corrected chi connectivity index (χ3v) is 5.91. The molecule has 0 unspecified atom stereocenters. The summed E-state index contributed by atoms with van der Waals surface area (Å²) in [5.41, 5.74) is 0. The molecule has 0 spiro atoms. The second-order valence-electron chi connectivity index (χ2n) is 8.17. The van der Waals surface area contributed by atoms with Gasteiger partial charge in [0.15, 0.2) is 0 Å². The highest BCUT2D eigenvalue weighted by atomic mass is 16.5. The predicted molar refractivity (Wildman–Crippen MR) is 135 cm³/mol. The molecule has 0 aromatic heterocycles. The van der Waals surface area contributed by atoms with Crippen LogP contribution in [0.4, 0.5) is 0 Å². The number of hydrogen-bond acceptors (Lipinski definition) is 4. The van der Waals surface area contributed by atoms with Gasteiger partial charge in [0.2, 0.25) is 0 Å². The van der Waals surface area contributed by atoms with Gasteiger partial charge in [-0.3, -0.25) is 0 Å². The normalized spacial score (nSPS) is 11.2. The van der Waals surface area contributed by atoms with Crippen LogP contribution in [0, 0.1) is 0 Å². The van der Waals surface area contributed by atoms with Crippen molar-refractivity contribution < 1.29 is 19.7 Å². The van der Waals surface area contributed by atoms with Crippen LogP contribution in [0.5, 0.6) is 34.5 Å². The largest absolute Gasteiger partial charge is 0.508 e. The first kappa shape index (κ1) is 19.9. The number of rotatable bonds is 4. The van der Waals surface area contributed by atoms with E-state index < -0.39 is 0 Å². The molecule has 4 nitrogen and oxygen atoms in total. The summed E-state index contributed by atoms with van der Waals surface area (Å²) >= 11 is 0. The van der Waals surface area contributed by atoms with Gasteiger partial charge in [0.05, 0.1) is 0 Å². The maximum Gasteiger partial charge on any atom is 0.135 e. The first-order valence-corrected chi connectivity index (χ1v) is 11.0. The van der Waals surface area contributed by atoms with E-state index in [1.165, 1.54) is 0 Å². The molecule has 6 aromatic rings. The van der Waals surface area contributed by atoms with Crippen molar-refractivity contribution in [1.29, 1.82) is 0 Å². The molecular weight excluding hydrogens is 424 g/mol. The SMILES string of the molecule is Oc1ccc2c(Oc3ccc4c(Oc5cccc6cc(O)ccc56)cccc4c3)cccc2c1. The Hall–Kier alpha value is -4.70. The highest BCUT2D eigenvalue weighted by Gasteiger charge is 2.10. The van der Waals surface area contributed by atoms with Crippen LogP contribution in [0.25, 0.3) is 32.3 Å². The van der Waals surface area contributed by atoms with Crippen molar-refractivity contribution in [3.8, 4) is 34.5 Å². The molecule has 4 heteroatoms. The molecule has 6 rings (SSSR count). The molecule has 0 amide bonds. The fraction of sp³-hybridized carbons (Fsp3) is 0. The lowest BCUT2D eigenvalue weighted by Gasteiger charge is -2.13. The summed E-state index contributed by atoms with van der Waals surface area (Å²) < 4.78 is 12.5. The number of phenolic OH excluding ortho intramolecular Hbond substituents is 2. The topological polar surface area (TPSA) is 58.9 Å². The molecule has 0 aliphatic heterocycles. The van der Waals surface area contributed by atoms with E-state index in [1.807, 2.05) is 84.9 Å². The minimum Gasteiger partial charge on any atom is -0.508 e. The van der Waals surface area contributed by atoms with Crippen molar-refractivity contribution in [3.63, 3.8) is 0 Å². The van der Waals surface area contributed by atoms with E-state index in [-0.39, 0.29) is 11.5 Å². The lowest BCUT2D eigenvalue weighted by Crippen LogP contribution is -1.89. The monoisotopic (exact) mass is 444 g/mol. The number of benzene rings is 6. The van der Waals surface area contributed by atoms with E-state index in [4.69, 9.17) is 9.47 Å². The third kappa shape index (κ3) is 3.61. The van der Waals surface area contributed by atoms with Crippen LogP contribution >= 0.6 is 0 Å². The van der Waals surface area contributed by atoms with E-state index in [1.54, 1.807) is 24.3 Å². The van der Waals surface area contributed by atoms with E-state index >= 15 is 0 Å². The Balaban J connectivity index is 1.36. The van der Waals surface area contributed by atoms with Gasteiger partial charge in [-0.25, -0.2) is 0 Å². The summed E-state index contributed by atoms with van der Waals surface area (Å²) in [4.78, 5) is 0. The van der Waals surface area contributed by atoms with Crippen LogP contribution in [0.3, 0.4) is 0 Å². The van der Waals surface area contributed by atoms with Crippen LogP contribution in [-0.2, 0) is 0 Å². The van der Waals surface area contributed by atoms with E-state index in [9.17, 15) is 10.2 Å². The molecule has 0 bridgehead atoms. The Bertz CT molecular complexity index is 1690. The molecule has 6 aromatic carbocycles. The smallest absolute Gasteiger partial charge is 0.135 e. The lowest BCUT2D eigenvalue weighted by molar-refractivity contribution is 0.475. The molecule has 0 heterocycles. The van der Waals surface area contributed by atoms with Gasteiger partial charge in [-0.1, -0.05) is 36.4 Å². The predicted octanol–water partition coefficient (Wildman–Crippen LogP) is 8.14. The molecule has 0 saturated heterocycles. The summed E-state index contributed by atoms with van der Waals surface area (Å²) in [6.07, 6.45) is 0. The first-order chi connectivity index (χ1) is 16.6. The number of fused-ring (bicyclic) bond motifs is 3. The highest BCUT2D eigenvalue weighted by Crippen LogP contribution is 2.37. The molecule has 0 atom stereocenters. The molecule has 164 valence electrons. The van der Waals surface area contributed by atoms with Crippen molar-refractivity contribution >= 4 is 32.3 Å². The Morgan fingerprint density at radius 2 is 0.853 bits per heavy atom. The van der Waals surface area contributed by atoms with Gasteiger partial charge in [-0.15, -0.1) is 0 Å². The zero-order valence-corrected chi connectivity index (χ0v) is 18.1. The minimum atomic E-state index is 0.227. The number of ether oxygens (including phenoxy) is 2. The first-order valence-electron chi connectivity index (χ1n) is 11.0. The number of aromatic hydroxyl groups is 2. The fourth-order valence-electron chi connectivity index (χ4n) is 4.29. The van der Waals surface area contributed by atoms with Gasteiger partial charge < -0.3 is 19.7 Å². The zero-order chi connectivity index (χ0) is 23.1. The maximum absolute atomic E-state index is 9.79. The van der Waals surface area contributed by atoms with E-state index in [0.29, 0.717) is 5.75 Å². The van der Waals surface area contributed by atoms with Gasteiger partial charge in [-0.05, 0) is 89.0 Å². The van der Waals surface area contributed by atoms with Gasteiger partial charge in [0, 0.05) is 16.2 Å². The maximum atomic E-state index is 9.79. The molecule has 0 aliphatic rings. The molecule has 2 N–H and O–H groups in total. The molecule has 0 fully saturated rings. The van der Waals surface area contributed by atoms with Crippen LogP contribution in [0.2, 0.25) is 0 Å². The summed E-state index contributed by atoms with van der Waals surface area (Å²) in [5, 5.41) is 25.2. The summed E-state index contributed by atoms with van der Waals surface area (Å²) in [6.45, 7) is 0. The third-order valence-electron chi connectivity index (χ3n) is 5.91. The Labute approximate surface area is 195 Å². The van der Waals surface area contributed by atoms with Crippen molar-refractivity contribution in [2.75, 3.05) is 0 Å². The van der Waals surface area contributed by atoms with Crippen molar-refractivity contribution in [2.45, 2.75) is 0 Å². The van der Waals surface area contributed by atoms with Crippen LogP contribution in [0.1, 0.15) is 0 Å². The van der Waals surface area contributed by atoms with Crippen LogP contribution < -0.4 is 9.47 Å². The average Bonchev–Trinajstić information content (AvgIpc) is 2.84. The molecular formula is C30H20O4. The summed E-state index contributed by atoms with van der Waals surface area (Å²) in [5.74, 6) is 3.36. The zero-order valence-electron chi connectivity index (χ0n) is 18.1. The standard InChI is InChI=1S/C30H20O4/c31-22-10-13-25-19(16-22)4-1-7-28(25)33-24-12-15-27-21(18-24)6-3-9-30(27)34-29-8-2-5-20-17-23(32)11-14-26(20)29/h1-18,31-32H. The van der Waals surface area contributed by atoms with Crippen molar-refractivity contribution in [3.05, 3.63) is 109 Å². The molecule has 0 saturated carbocycles. The summed E-state index contributed by atoms with van der Waals surface area (Å²) in [7, 11) is 0. The van der Waals surface area contributed by atoms with E-state index in [2.05, 4.69) is 0 Å². The van der Waals surface area contributed by atoms with Gasteiger partial charge in [-0.2, -0.15) is 0 Å². The molecule has 34 heavy (non-hydrogen) atoms. The second kappa shape index (κ2) is 8.01. The van der Waals surface area contributed by atoms with Gasteiger partial charge in [0.25, 0.3) is 0 Å². The van der Waals surface area contributed by atoms with Crippen LogP contribution in [0.15, 0.2) is 109 Å². The second-order valence-corrected chi connectivity index (χ2v) is 8.17. The van der Waals surface area contributed by atoms with Crippen LogP contribution in [-0.4, -0.2) is 10.2 Å². The number of phenols is 2. The summed E-state index contributed by atoms with van der Waals surface area (Å²) in [6, 6.07) is 33.9. The van der Waals surface area contributed by atoms with Crippen molar-refractivity contribution in [1.82, 2.24) is 0 Å². The van der Waals surface area contributed by atoms with Gasteiger partial charge >= 0.3 is 0 Å². The molecule has 0 radical (unpaired) electrons. The van der Waals surface area contributed by atoms with Gasteiger partial charge in [0.1, 0.15) is 34.5 Å². The molecule has 0 aliphatic carbocycles. The highest BCUT2D eigenvalue weighted by molar-refractivity contribution is 5.93. The lowest BCUT2D eigenvalue weighted by atomic mass is 10.1. The Kier molecular flexibility index (Phi) is 4.70.